The smallest absolute Gasteiger partial charge is 0.309 e. The van der Waals surface area contributed by atoms with Crippen LogP contribution in [0.2, 0.25) is 0 Å². The van der Waals surface area contributed by atoms with Crippen molar-refractivity contribution < 1.29 is 9.90 Å². The van der Waals surface area contributed by atoms with Crippen molar-refractivity contribution in [1.82, 2.24) is 4.98 Å². The molecule has 0 aromatic carbocycles. The fourth-order valence-corrected chi connectivity index (χ4v) is 1.13. The van der Waals surface area contributed by atoms with Crippen molar-refractivity contribution in [2.75, 3.05) is 0 Å². The van der Waals surface area contributed by atoms with Gasteiger partial charge in [-0.1, -0.05) is 6.07 Å². The Bertz CT molecular complexity index is 328. The number of aryl methyl sites for hydroxylation is 1. The van der Waals surface area contributed by atoms with Gasteiger partial charge in [-0.15, -0.1) is 0 Å². The van der Waals surface area contributed by atoms with E-state index in [1.54, 1.807) is 20.0 Å². The van der Waals surface area contributed by atoms with Crippen LogP contribution in [0.25, 0.3) is 0 Å². The van der Waals surface area contributed by atoms with Gasteiger partial charge < -0.3 is 5.11 Å². The molecule has 0 atom stereocenters. The van der Waals surface area contributed by atoms with Crippen molar-refractivity contribution in [3.63, 3.8) is 0 Å². The van der Waals surface area contributed by atoms with Gasteiger partial charge in [0, 0.05) is 18.3 Å². The standard InChI is InChI=1S/C11H15NO2/c1-8-4-5-9(12-7-8)6-11(2,3)10(13)14/h4-5,7H,6H2,1-3H3,(H,13,14). The molecule has 3 heteroatoms. The van der Waals surface area contributed by atoms with E-state index < -0.39 is 11.4 Å². The number of carboxylic acids is 1. The summed E-state index contributed by atoms with van der Waals surface area (Å²) in [7, 11) is 0. The highest BCUT2D eigenvalue weighted by atomic mass is 16.4. The van der Waals surface area contributed by atoms with E-state index in [1.165, 1.54) is 0 Å². The molecule has 1 rings (SSSR count). The molecule has 0 saturated heterocycles. The molecule has 0 saturated carbocycles. The van der Waals surface area contributed by atoms with Gasteiger partial charge in [0.2, 0.25) is 0 Å². The molecule has 0 unspecified atom stereocenters. The Morgan fingerprint density at radius 3 is 2.57 bits per heavy atom. The van der Waals surface area contributed by atoms with Crippen LogP contribution in [0.5, 0.6) is 0 Å². The van der Waals surface area contributed by atoms with Crippen molar-refractivity contribution in [1.29, 1.82) is 0 Å². The van der Waals surface area contributed by atoms with Crippen molar-refractivity contribution in [3.8, 4) is 0 Å². The third kappa shape index (κ3) is 2.55. The number of aliphatic carboxylic acids is 1. The zero-order valence-electron chi connectivity index (χ0n) is 8.74. The second kappa shape index (κ2) is 3.78. The van der Waals surface area contributed by atoms with E-state index >= 15 is 0 Å². The van der Waals surface area contributed by atoms with Crippen LogP contribution in [0.1, 0.15) is 25.1 Å². The molecular weight excluding hydrogens is 178 g/mol. The minimum absolute atomic E-state index is 0.461. The van der Waals surface area contributed by atoms with Crippen LogP contribution in [0.15, 0.2) is 18.3 Å². The van der Waals surface area contributed by atoms with Crippen LogP contribution in [0.4, 0.5) is 0 Å². The largest absolute Gasteiger partial charge is 0.481 e. The van der Waals surface area contributed by atoms with Gasteiger partial charge >= 0.3 is 5.97 Å². The third-order valence-electron chi connectivity index (χ3n) is 2.17. The number of rotatable bonds is 3. The monoisotopic (exact) mass is 193 g/mol. The summed E-state index contributed by atoms with van der Waals surface area (Å²) in [6.45, 7) is 5.37. The molecule has 0 radical (unpaired) electrons. The minimum atomic E-state index is -0.792. The van der Waals surface area contributed by atoms with E-state index in [2.05, 4.69) is 4.98 Å². The van der Waals surface area contributed by atoms with Crippen LogP contribution in [-0.4, -0.2) is 16.1 Å². The van der Waals surface area contributed by atoms with E-state index in [0.29, 0.717) is 6.42 Å². The molecule has 1 aromatic rings. The summed E-state index contributed by atoms with van der Waals surface area (Å²) < 4.78 is 0. The summed E-state index contributed by atoms with van der Waals surface area (Å²) in [5.41, 5.74) is 1.16. The summed E-state index contributed by atoms with van der Waals surface area (Å²) in [5.74, 6) is -0.792. The molecule has 76 valence electrons. The average Bonchev–Trinajstić information content (AvgIpc) is 2.08. The first-order chi connectivity index (χ1) is 6.42. The van der Waals surface area contributed by atoms with Crippen LogP contribution < -0.4 is 0 Å². The van der Waals surface area contributed by atoms with Gasteiger partial charge in [-0.05, 0) is 32.4 Å². The Hall–Kier alpha value is -1.38. The van der Waals surface area contributed by atoms with Gasteiger partial charge in [0.15, 0.2) is 0 Å². The van der Waals surface area contributed by atoms with Crippen molar-refractivity contribution in [2.45, 2.75) is 27.2 Å². The number of carboxylic acid groups (broad SMARTS) is 1. The maximum absolute atomic E-state index is 10.9. The first kappa shape index (κ1) is 10.7. The molecule has 1 N–H and O–H groups in total. The Kier molecular flexibility index (Phi) is 2.89. The minimum Gasteiger partial charge on any atom is -0.481 e. The summed E-state index contributed by atoms with van der Waals surface area (Å²) in [6.07, 6.45) is 2.22. The normalized spacial score (nSPS) is 11.4. The van der Waals surface area contributed by atoms with Crippen molar-refractivity contribution >= 4 is 5.97 Å². The van der Waals surface area contributed by atoms with Crippen LogP contribution in [-0.2, 0) is 11.2 Å². The topological polar surface area (TPSA) is 50.2 Å². The number of aromatic nitrogens is 1. The molecule has 1 heterocycles. The fourth-order valence-electron chi connectivity index (χ4n) is 1.13. The first-order valence-corrected chi connectivity index (χ1v) is 4.57. The maximum Gasteiger partial charge on any atom is 0.309 e. The summed E-state index contributed by atoms with van der Waals surface area (Å²) in [5, 5.41) is 8.93. The lowest BCUT2D eigenvalue weighted by Gasteiger charge is -2.18. The van der Waals surface area contributed by atoms with Gasteiger partial charge in [0.05, 0.1) is 5.41 Å². The SMILES string of the molecule is Cc1ccc(CC(C)(C)C(=O)O)nc1. The Labute approximate surface area is 83.8 Å². The molecule has 0 amide bonds. The lowest BCUT2D eigenvalue weighted by Crippen LogP contribution is -2.26. The lowest BCUT2D eigenvalue weighted by molar-refractivity contribution is -0.146. The van der Waals surface area contributed by atoms with Crippen molar-refractivity contribution in [2.24, 2.45) is 5.41 Å². The van der Waals surface area contributed by atoms with E-state index in [4.69, 9.17) is 5.11 Å². The molecule has 14 heavy (non-hydrogen) atoms. The van der Waals surface area contributed by atoms with Gasteiger partial charge in [0.1, 0.15) is 0 Å². The molecular formula is C11H15NO2. The molecule has 1 aromatic heterocycles. The van der Waals surface area contributed by atoms with Gasteiger partial charge in [-0.3, -0.25) is 9.78 Å². The van der Waals surface area contributed by atoms with Crippen LogP contribution in [0, 0.1) is 12.3 Å². The van der Waals surface area contributed by atoms with Gasteiger partial charge in [-0.2, -0.15) is 0 Å². The third-order valence-corrected chi connectivity index (χ3v) is 2.17. The number of carbonyl (C=O) groups is 1. The fraction of sp³-hybridized carbons (Fsp3) is 0.455. The molecule has 0 aliphatic carbocycles. The molecule has 0 aliphatic heterocycles. The summed E-state index contributed by atoms with van der Waals surface area (Å²) in [6, 6.07) is 3.82. The Morgan fingerprint density at radius 2 is 2.14 bits per heavy atom. The maximum atomic E-state index is 10.9. The summed E-state index contributed by atoms with van der Waals surface area (Å²) >= 11 is 0. The summed E-state index contributed by atoms with van der Waals surface area (Å²) in [4.78, 5) is 15.0. The Balaban J connectivity index is 2.79. The number of nitrogens with zero attached hydrogens (tertiary/aromatic N) is 1. The average molecular weight is 193 g/mol. The molecule has 0 spiro atoms. The van der Waals surface area contributed by atoms with E-state index in [0.717, 1.165) is 11.3 Å². The molecule has 0 aliphatic rings. The van der Waals surface area contributed by atoms with Gasteiger partial charge in [-0.25, -0.2) is 0 Å². The first-order valence-electron chi connectivity index (χ1n) is 4.57. The zero-order valence-corrected chi connectivity index (χ0v) is 8.74. The Morgan fingerprint density at radius 1 is 1.50 bits per heavy atom. The highest BCUT2D eigenvalue weighted by Gasteiger charge is 2.27. The highest BCUT2D eigenvalue weighted by Crippen LogP contribution is 2.20. The number of pyridine rings is 1. The molecule has 3 nitrogen and oxygen atoms in total. The quantitative estimate of drug-likeness (QED) is 0.799. The number of hydrogen-bond donors (Lipinski definition) is 1. The van der Waals surface area contributed by atoms with Crippen molar-refractivity contribution in [3.05, 3.63) is 29.6 Å². The van der Waals surface area contributed by atoms with E-state index in [9.17, 15) is 4.79 Å². The van der Waals surface area contributed by atoms with Crippen LogP contribution >= 0.6 is 0 Å². The zero-order chi connectivity index (χ0) is 10.8. The molecule has 0 bridgehead atoms. The molecule has 0 fully saturated rings. The second-order valence-electron chi connectivity index (χ2n) is 4.19. The van der Waals surface area contributed by atoms with E-state index in [1.807, 2.05) is 19.1 Å². The highest BCUT2D eigenvalue weighted by molar-refractivity contribution is 5.73. The van der Waals surface area contributed by atoms with E-state index in [-0.39, 0.29) is 0 Å². The predicted octanol–water partition coefficient (Wildman–Crippen LogP) is 2.04. The number of hydrogen-bond acceptors (Lipinski definition) is 2. The lowest BCUT2D eigenvalue weighted by atomic mass is 9.88. The predicted molar refractivity (Wildman–Crippen MR) is 54.1 cm³/mol. The van der Waals surface area contributed by atoms with Gasteiger partial charge in [0.25, 0.3) is 0 Å². The second-order valence-corrected chi connectivity index (χ2v) is 4.19. The van der Waals surface area contributed by atoms with Crippen LogP contribution in [0.3, 0.4) is 0 Å².